The fourth-order valence-corrected chi connectivity index (χ4v) is 2.40. The highest BCUT2D eigenvalue weighted by atomic mass is 127. The van der Waals surface area contributed by atoms with Gasteiger partial charge < -0.3 is 0 Å². The molecule has 2 aliphatic rings. The summed E-state index contributed by atoms with van der Waals surface area (Å²) in [6, 6.07) is 0. The lowest BCUT2D eigenvalue weighted by atomic mass is 9.89. The molecule has 0 radical (unpaired) electrons. The van der Waals surface area contributed by atoms with Gasteiger partial charge in [-0.3, -0.25) is 0 Å². The van der Waals surface area contributed by atoms with Crippen LogP contribution in [0.3, 0.4) is 0 Å². The largest absolute Gasteiger partial charge is 0.107 e. The van der Waals surface area contributed by atoms with Gasteiger partial charge >= 0.3 is 0 Å². The average molecular weight is 238 g/mol. The third-order valence-corrected chi connectivity index (χ3v) is 2.87. The number of rotatable bonds is 0. The van der Waals surface area contributed by atoms with Gasteiger partial charge in [-0.25, -0.2) is 0 Å². The Bertz CT molecular complexity index is 76.6. The van der Waals surface area contributed by atoms with Crippen LogP contribution in [0.2, 0.25) is 0 Å². The van der Waals surface area contributed by atoms with E-state index in [4.69, 9.17) is 0 Å². The third-order valence-electron chi connectivity index (χ3n) is 2.87. The van der Waals surface area contributed by atoms with Gasteiger partial charge in [-0.05, 0) is 18.3 Å². The molecule has 0 aromatic carbocycles. The Hall–Kier alpha value is 0.730. The number of hydrogen-bond donors (Lipinski definition) is 0. The first kappa shape index (κ1) is 7.83. The van der Waals surface area contributed by atoms with Crippen molar-refractivity contribution in [3.63, 3.8) is 0 Å². The lowest BCUT2D eigenvalue weighted by Crippen LogP contribution is -2.03. The Kier molecular flexibility index (Phi) is 2.80. The summed E-state index contributed by atoms with van der Waals surface area (Å²) in [7, 11) is 0. The average Bonchev–Trinajstić information content (AvgIpc) is 2.12. The van der Waals surface area contributed by atoms with Gasteiger partial charge in [-0.1, -0.05) is 32.1 Å². The quantitative estimate of drug-likeness (QED) is 0.568. The van der Waals surface area contributed by atoms with Gasteiger partial charge in [-0.15, -0.1) is 24.0 Å². The molecule has 54 valence electrons. The second-order valence-corrected chi connectivity index (χ2v) is 3.48. The second-order valence-electron chi connectivity index (χ2n) is 3.48. The molecule has 0 amide bonds. The van der Waals surface area contributed by atoms with E-state index < -0.39 is 0 Å². The SMILES string of the molecule is C1CC2CCC(C1)C2.I. The van der Waals surface area contributed by atoms with Crippen molar-refractivity contribution in [2.75, 3.05) is 0 Å². The van der Waals surface area contributed by atoms with E-state index in [9.17, 15) is 0 Å². The zero-order chi connectivity index (χ0) is 5.40. The summed E-state index contributed by atoms with van der Waals surface area (Å²) in [5.41, 5.74) is 0. The molecule has 0 saturated heterocycles. The first-order valence-electron chi connectivity index (χ1n) is 3.95. The standard InChI is InChI=1S/C8H14.HI/c1-2-7-4-5-8(3-1)6-7;/h7-8H,1-6H2;1H. The molecule has 1 heteroatoms. The molecule has 2 bridgehead atoms. The molecule has 0 heterocycles. The molecular formula is C8H15I. The van der Waals surface area contributed by atoms with Crippen LogP contribution in [0.1, 0.15) is 38.5 Å². The Morgan fingerprint density at radius 1 is 0.778 bits per heavy atom. The van der Waals surface area contributed by atoms with E-state index in [-0.39, 0.29) is 24.0 Å². The van der Waals surface area contributed by atoms with Crippen LogP contribution in [0.5, 0.6) is 0 Å². The number of halogens is 1. The molecular weight excluding hydrogens is 223 g/mol. The molecule has 0 aromatic rings. The summed E-state index contributed by atoms with van der Waals surface area (Å²) < 4.78 is 0. The molecule has 9 heavy (non-hydrogen) atoms. The van der Waals surface area contributed by atoms with Gasteiger partial charge in [0.2, 0.25) is 0 Å². The van der Waals surface area contributed by atoms with Crippen LogP contribution in [0.4, 0.5) is 0 Å². The molecule has 0 N–H and O–H groups in total. The van der Waals surface area contributed by atoms with Gasteiger partial charge in [0.25, 0.3) is 0 Å². The van der Waals surface area contributed by atoms with Crippen molar-refractivity contribution in [3.05, 3.63) is 0 Å². The highest BCUT2D eigenvalue weighted by molar-refractivity contribution is 14.0. The highest BCUT2D eigenvalue weighted by Crippen LogP contribution is 2.41. The fraction of sp³-hybridized carbons (Fsp3) is 1.00. The van der Waals surface area contributed by atoms with E-state index in [1.54, 1.807) is 32.1 Å². The Labute approximate surface area is 74.4 Å². The van der Waals surface area contributed by atoms with E-state index in [0.717, 1.165) is 11.8 Å². The Morgan fingerprint density at radius 2 is 1.33 bits per heavy atom. The monoisotopic (exact) mass is 238 g/mol. The molecule has 2 atom stereocenters. The summed E-state index contributed by atoms with van der Waals surface area (Å²) in [5.74, 6) is 2.32. The Morgan fingerprint density at radius 3 is 1.78 bits per heavy atom. The summed E-state index contributed by atoms with van der Waals surface area (Å²) in [5, 5.41) is 0. The van der Waals surface area contributed by atoms with Gasteiger partial charge in [0.15, 0.2) is 0 Å². The summed E-state index contributed by atoms with van der Waals surface area (Å²) in [6.07, 6.45) is 9.34. The van der Waals surface area contributed by atoms with E-state index in [1.165, 1.54) is 6.42 Å². The predicted octanol–water partition coefficient (Wildman–Crippen LogP) is 3.20. The molecule has 2 unspecified atom stereocenters. The van der Waals surface area contributed by atoms with Gasteiger partial charge in [-0.2, -0.15) is 0 Å². The summed E-state index contributed by atoms with van der Waals surface area (Å²) in [4.78, 5) is 0. The minimum absolute atomic E-state index is 0. The minimum Gasteiger partial charge on any atom is -0.107 e. The molecule has 0 aromatic heterocycles. The molecule has 2 saturated carbocycles. The lowest BCUT2D eigenvalue weighted by molar-refractivity contribution is 0.359. The van der Waals surface area contributed by atoms with Crippen LogP contribution < -0.4 is 0 Å². The number of hydrogen-bond acceptors (Lipinski definition) is 0. The zero-order valence-corrected chi connectivity index (χ0v) is 8.14. The molecule has 0 aliphatic heterocycles. The molecule has 2 rings (SSSR count). The van der Waals surface area contributed by atoms with E-state index in [1.807, 2.05) is 0 Å². The van der Waals surface area contributed by atoms with Crippen molar-refractivity contribution < 1.29 is 0 Å². The summed E-state index contributed by atoms with van der Waals surface area (Å²) >= 11 is 0. The maximum atomic E-state index is 1.58. The van der Waals surface area contributed by atoms with Crippen LogP contribution in [0.15, 0.2) is 0 Å². The topological polar surface area (TPSA) is 0 Å². The van der Waals surface area contributed by atoms with E-state index in [0.29, 0.717) is 0 Å². The van der Waals surface area contributed by atoms with Crippen molar-refractivity contribution in [3.8, 4) is 0 Å². The normalized spacial score (nSPS) is 40.0. The van der Waals surface area contributed by atoms with Gasteiger partial charge in [0.05, 0.1) is 0 Å². The van der Waals surface area contributed by atoms with Crippen molar-refractivity contribution in [2.24, 2.45) is 11.8 Å². The van der Waals surface area contributed by atoms with Crippen LogP contribution in [0, 0.1) is 11.8 Å². The maximum absolute atomic E-state index is 1.58. The maximum Gasteiger partial charge on any atom is -0.0412 e. The Balaban J connectivity index is 0.000000405. The van der Waals surface area contributed by atoms with Crippen LogP contribution in [0.25, 0.3) is 0 Å². The molecule has 2 aliphatic carbocycles. The van der Waals surface area contributed by atoms with Crippen LogP contribution in [-0.4, -0.2) is 0 Å². The minimum atomic E-state index is 0. The predicted molar refractivity (Wildman–Crippen MR) is 50.1 cm³/mol. The molecule has 0 nitrogen and oxygen atoms in total. The third kappa shape index (κ3) is 1.60. The van der Waals surface area contributed by atoms with Crippen molar-refractivity contribution in [2.45, 2.75) is 38.5 Å². The summed E-state index contributed by atoms with van der Waals surface area (Å²) in [6.45, 7) is 0. The van der Waals surface area contributed by atoms with E-state index in [2.05, 4.69) is 0 Å². The highest BCUT2D eigenvalue weighted by Gasteiger charge is 2.27. The smallest absolute Gasteiger partial charge is 0.0412 e. The molecule has 0 spiro atoms. The van der Waals surface area contributed by atoms with Crippen molar-refractivity contribution in [1.82, 2.24) is 0 Å². The first-order chi connectivity index (χ1) is 3.95. The van der Waals surface area contributed by atoms with Gasteiger partial charge in [0.1, 0.15) is 0 Å². The molecule has 2 fully saturated rings. The lowest BCUT2D eigenvalue weighted by Gasteiger charge is -2.16. The van der Waals surface area contributed by atoms with Gasteiger partial charge in [0, 0.05) is 0 Å². The van der Waals surface area contributed by atoms with Crippen molar-refractivity contribution in [1.29, 1.82) is 0 Å². The van der Waals surface area contributed by atoms with Crippen LogP contribution >= 0.6 is 24.0 Å². The van der Waals surface area contributed by atoms with E-state index >= 15 is 0 Å². The number of fused-ring (bicyclic) bond motifs is 2. The first-order valence-corrected chi connectivity index (χ1v) is 3.95. The fourth-order valence-electron chi connectivity index (χ4n) is 2.40. The van der Waals surface area contributed by atoms with Crippen molar-refractivity contribution >= 4 is 24.0 Å². The van der Waals surface area contributed by atoms with Crippen LogP contribution in [-0.2, 0) is 0 Å². The second kappa shape index (κ2) is 3.22. The zero-order valence-electron chi connectivity index (χ0n) is 5.81.